The molecular formula is C16H20N2O2. The first kappa shape index (κ1) is 15.7. The summed E-state index contributed by atoms with van der Waals surface area (Å²) in [7, 11) is 0. The highest BCUT2D eigenvalue weighted by Gasteiger charge is 1.98. The zero-order valence-electron chi connectivity index (χ0n) is 11.7. The third kappa shape index (κ3) is 5.12. The van der Waals surface area contributed by atoms with Crippen molar-refractivity contribution in [2.24, 2.45) is 0 Å². The average Bonchev–Trinajstić information content (AvgIpc) is 2.39. The van der Waals surface area contributed by atoms with Gasteiger partial charge in [0.05, 0.1) is 6.10 Å². The van der Waals surface area contributed by atoms with Gasteiger partial charge in [0.2, 0.25) is 0 Å². The van der Waals surface area contributed by atoms with Crippen molar-refractivity contribution in [2.45, 2.75) is 20.0 Å². The zero-order valence-corrected chi connectivity index (χ0v) is 11.7. The molecule has 0 aliphatic heterocycles. The van der Waals surface area contributed by atoms with Gasteiger partial charge in [-0.15, -0.1) is 0 Å². The molecule has 1 unspecified atom stereocenters. The molecule has 0 saturated carbocycles. The highest BCUT2D eigenvalue weighted by atomic mass is 16.3. The quantitative estimate of drug-likeness (QED) is 0.579. The van der Waals surface area contributed by atoms with E-state index in [1.165, 1.54) is 6.92 Å². The van der Waals surface area contributed by atoms with E-state index in [0.717, 1.165) is 5.56 Å². The average molecular weight is 272 g/mol. The van der Waals surface area contributed by atoms with Crippen LogP contribution in [0.2, 0.25) is 0 Å². The van der Waals surface area contributed by atoms with Crippen molar-refractivity contribution in [1.29, 1.82) is 0 Å². The standard InChI is InChI=1S/C8H11NO.C8H9NO/c2*1-6(10)7-3-2-4-8(9)5-7/h2-6,10H,9H2,1H3;2-5H,9H2,1H3. The number of aliphatic hydroxyl groups is 1. The van der Waals surface area contributed by atoms with Crippen molar-refractivity contribution in [3.63, 3.8) is 0 Å². The van der Waals surface area contributed by atoms with Crippen molar-refractivity contribution in [3.8, 4) is 0 Å². The molecule has 2 aromatic rings. The Morgan fingerprint density at radius 1 is 1.05 bits per heavy atom. The number of Topliss-reactive ketones (excluding diaryl/α,β-unsaturated/α-hetero) is 1. The van der Waals surface area contributed by atoms with Crippen LogP contribution in [0.25, 0.3) is 0 Å². The van der Waals surface area contributed by atoms with Crippen molar-refractivity contribution >= 4 is 17.2 Å². The first-order valence-electron chi connectivity index (χ1n) is 6.30. The molecule has 20 heavy (non-hydrogen) atoms. The monoisotopic (exact) mass is 272 g/mol. The highest BCUT2D eigenvalue weighted by Crippen LogP contribution is 2.14. The SMILES string of the molecule is CC(=O)c1cccc(N)c1.CC(O)c1cccc(N)c1. The molecule has 2 aromatic carbocycles. The molecule has 4 heteroatoms. The lowest BCUT2D eigenvalue weighted by molar-refractivity contribution is 0.101. The van der Waals surface area contributed by atoms with Gasteiger partial charge in [-0.25, -0.2) is 0 Å². The zero-order chi connectivity index (χ0) is 15.1. The Morgan fingerprint density at radius 3 is 1.95 bits per heavy atom. The van der Waals surface area contributed by atoms with Crippen LogP contribution in [0.4, 0.5) is 11.4 Å². The third-order valence-corrected chi connectivity index (χ3v) is 2.69. The van der Waals surface area contributed by atoms with Gasteiger partial charge in [-0.05, 0) is 43.7 Å². The van der Waals surface area contributed by atoms with Crippen LogP contribution < -0.4 is 11.5 Å². The molecular weight excluding hydrogens is 252 g/mol. The maximum Gasteiger partial charge on any atom is 0.159 e. The lowest BCUT2D eigenvalue weighted by atomic mass is 10.1. The summed E-state index contributed by atoms with van der Waals surface area (Å²) in [4.78, 5) is 10.7. The minimum Gasteiger partial charge on any atom is -0.399 e. The molecule has 0 fully saturated rings. The van der Waals surface area contributed by atoms with Gasteiger partial charge in [-0.2, -0.15) is 0 Å². The third-order valence-electron chi connectivity index (χ3n) is 2.69. The molecule has 5 N–H and O–H groups in total. The van der Waals surface area contributed by atoms with E-state index in [1.807, 2.05) is 12.1 Å². The van der Waals surface area contributed by atoms with E-state index in [-0.39, 0.29) is 5.78 Å². The Kier molecular flexibility index (Phi) is 5.74. The highest BCUT2D eigenvalue weighted by molar-refractivity contribution is 5.94. The van der Waals surface area contributed by atoms with Crippen LogP contribution in [-0.4, -0.2) is 10.9 Å². The molecule has 2 rings (SSSR count). The number of aliphatic hydroxyl groups excluding tert-OH is 1. The summed E-state index contributed by atoms with van der Waals surface area (Å²) in [6.45, 7) is 3.24. The molecule has 1 atom stereocenters. The molecule has 0 aliphatic rings. The topological polar surface area (TPSA) is 89.3 Å². The Balaban J connectivity index is 0.000000200. The maximum absolute atomic E-state index is 10.7. The summed E-state index contributed by atoms with van der Waals surface area (Å²) >= 11 is 0. The van der Waals surface area contributed by atoms with Crippen LogP contribution >= 0.6 is 0 Å². The number of hydrogen-bond donors (Lipinski definition) is 3. The molecule has 0 heterocycles. The van der Waals surface area contributed by atoms with Gasteiger partial charge in [-0.3, -0.25) is 4.79 Å². The summed E-state index contributed by atoms with van der Waals surface area (Å²) in [6, 6.07) is 14.2. The van der Waals surface area contributed by atoms with Crippen molar-refractivity contribution < 1.29 is 9.90 Å². The van der Waals surface area contributed by atoms with Gasteiger partial charge in [0, 0.05) is 16.9 Å². The number of anilines is 2. The van der Waals surface area contributed by atoms with Gasteiger partial charge in [0.1, 0.15) is 0 Å². The summed E-state index contributed by atoms with van der Waals surface area (Å²) in [5.41, 5.74) is 13.8. The Morgan fingerprint density at radius 2 is 1.60 bits per heavy atom. The minimum atomic E-state index is -0.427. The lowest BCUT2D eigenvalue weighted by Gasteiger charge is -2.03. The van der Waals surface area contributed by atoms with Crippen LogP contribution in [-0.2, 0) is 0 Å². The van der Waals surface area contributed by atoms with E-state index in [0.29, 0.717) is 16.9 Å². The second-order valence-corrected chi connectivity index (χ2v) is 4.53. The van der Waals surface area contributed by atoms with E-state index in [2.05, 4.69) is 0 Å². The van der Waals surface area contributed by atoms with Gasteiger partial charge in [0.15, 0.2) is 5.78 Å². The summed E-state index contributed by atoms with van der Waals surface area (Å²) < 4.78 is 0. The van der Waals surface area contributed by atoms with Gasteiger partial charge < -0.3 is 16.6 Å². The fourth-order valence-electron chi connectivity index (χ4n) is 1.58. The smallest absolute Gasteiger partial charge is 0.159 e. The van der Waals surface area contributed by atoms with Crippen molar-refractivity contribution in [1.82, 2.24) is 0 Å². The molecule has 0 saturated heterocycles. The molecule has 0 radical (unpaired) electrons. The number of hydrogen-bond acceptors (Lipinski definition) is 4. The van der Waals surface area contributed by atoms with Gasteiger partial charge in [-0.1, -0.05) is 24.3 Å². The number of ketones is 1. The van der Waals surface area contributed by atoms with Gasteiger partial charge >= 0.3 is 0 Å². The molecule has 4 nitrogen and oxygen atoms in total. The minimum absolute atomic E-state index is 0.0484. The van der Waals surface area contributed by atoms with E-state index in [1.54, 1.807) is 43.3 Å². The van der Waals surface area contributed by atoms with Crippen LogP contribution in [0.1, 0.15) is 35.9 Å². The molecule has 0 aromatic heterocycles. The molecule has 0 aliphatic carbocycles. The van der Waals surface area contributed by atoms with Crippen LogP contribution in [0.15, 0.2) is 48.5 Å². The predicted molar refractivity (Wildman–Crippen MR) is 82.3 cm³/mol. The van der Waals surface area contributed by atoms with Crippen LogP contribution in [0.5, 0.6) is 0 Å². The Bertz CT molecular complexity index is 580. The van der Waals surface area contributed by atoms with Gasteiger partial charge in [0.25, 0.3) is 0 Å². The second-order valence-electron chi connectivity index (χ2n) is 4.53. The second kappa shape index (κ2) is 7.31. The Labute approximate surface area is 119 Å². The number of nitrogens with two attached hydrogens (primary N) is 2. The molecule has 0 spiro atoms. The fourth-order valence-corrected chi connectivity index (χ4v) is 1.58. The first-order chi connectivity index (χ1) is 9.40. The number of carbonyl (C=O) groups excluding carboxylic acids is 1. The lowest BCUT2D eigenvalue weighted by Crippen LogP contribution is -1.93. The summed E-state index contributed by atoms with van der Waals surface area (Å²) in [6.07, 6.45) is -0.427. The maximum atomic E-state index is 10.7. The normalized spacial score (nSPS) is 11.2. The van der Waals surface area contributed by atoms with Crippen molar-refractivity contribution in [2.75, 3.05) is 11.5 Å². The fraction of sp³-hybridized carbons (Fsp3) is 0.188. The van der Waals surface area contributed by atoms with E-state index < -0.39 is 6.10 Å². The largest absolute Gasteiger partial charge is 0.399 e. The molecule has 106 valence electrons. The van der Waals surface area contributed by atoms with Crippen LogP contribution in [0, 0.1) is 0 Å². The molecule has 0 bridgehead atoms. The van der Waals surface area contributed by atoms with E-state index in [4.69, 9.17) is 16.6 Å². The van der Waals surface area contributed by atoms with Crippen molar-refractivity contribution in [3.05, 3.63) is 59.7 Å². The number of rotatable bonds is 2. The number of benzene rings is 2. The number of carbonyl (C=O) groups is 1. The van der Waals surface area contributed by atoms with Crippen LogP contribution in [0.3, 0.4) is 0 Å². The first-order valence-corrected chi connectivity index (χ1v) is 6.30. The predicted octanol–water partition coefficient (Wildman–Crippen LogP) is 2.79. The number of nitrogen functional groups attached to an aromatic ring is 2. The Hall–Kier alpha value is -2.33. The summed E-state index contributed by atoms with van der Waals surface area (Å²) in [5, 5.41) is 9.09. The van der Waals surface area contributed by atoms with E-state index >= 15 is 0 Å². The molecule has 0 amide bonds. The summed E-state index contributed by atoms with van der Waals surface area (Å²) in [5.74, 6) is 0.0484. The van der Waals surface area contributed by atoms with E-state index in [9.17, 15) is 4.79 Å².